The van der Waals surface area contributed by atoms with Crippen molar-refractivity contribution < 1.29 is 0 Å². The maximum atomic E-state index is 4.50. The summed E-state index contributed by atoms with van der Waals surface area (Å²) in [7, 11) is 0. The van der Waals surface area contributed by atoms with E-state index in [0.717, 1.165) is 18.3 Å². The Morgan fingerprint density at radius 1 is 0.714 bits per heavy atom. The van der Waals surface area contributed by atoms with Crippen molar-refractivity contribution in [3.8, 4) is 0 Å². The first-order valence-electron chi connectivity index (χ1n) is 14.3. The second-order valence-electron chi connectivity index (χ2n) is 16.6. The molecule has 0 amide bonds. The third-order valence-corrected chi connectivity index (χ3v) is 8.04. The molecule has 2 saturated heterocycles. The van der Waals surface area contributed by atoms with Crippen molar-refractivity contribution in [3.05, 3.63) is 24.8 Å². The van der Waals surface area contributed by atoms with Gasteiger partial charge >= 0.3 is 0 Å². The third-order valence-electron chi connectivity index (χ3n) is 8.04. The summed E-state index contributed by atoms with van der Waals surface area (Å²) in [5, 5.41) is 7.48. The minimum Gasteiger partial charge on any atom is -0.307 e. The van der Waals surface area contributed by atoms with Crippen molar-refractivity contribution in [2.45, 2.75) is 164 Å². The molecule has 0 aromatic heterocycles. The molecule has 2 aliphatic heterocycles. The van der Waals surface area contributed by atoms with Crippen LogP contribution in [0.4, 0.5) is 0 Å². The third kappa shape index (κ3) is 12.5. The summed E-state index contributed by atoms with van der Waals surface area (Å²) in [4.78, 5) is 0. The van der Waals surface area contributed by atoms with Gasteiger partial charge in [-0.05, 0) is 129 Å². The molecule has 35 heavy (non-hydrogen) atoms. The van der Waals surface area contributed by atoms with Gasteiger partial charge in [-0.15, -0.1) is 6.58 Å². The zero-order chi connectivity index (χ0) is 27.5. The van der Waals surface area contributed by atoms with Crippen LogP contribution < -0.4 is 10.6 Å². The smallest absolute Gasteiger partial charge is 0.0132 e. The van der Waals surface area contributed by atoms with Crippen LogP contribution in [0.1, 0.15) is 141 Å². The molecular weight excluding hydrogens is 424 g/mol. The molecule has 2 fully saturated rings. The first-order valence-corrected chi connectivity index (χ1v) is 14.3. The molecule has 2 heteroatoms. The van der Waals surface area contributed by atoms with Gasteiger partial charge in [-0.3, -0.25) is 0 Å². The first kappa shape index (κ1) is 32.4. The van der Waals surface area contributed by atoms with Gasteiger partial charge in [0.25, 0.3) is 0 Å². The van der Waals surface area contributed by atoms with Crippen molar-refractivity contribution in [1.29, 1.82) is 0 Å². The minimum atomic E-state index is 0.238. The number of piperidine rings is 2. The van der Waals surface area contributed by atoms with E-state index >= 15 is 0 Å². The Kier molecular flexibility index (Phi) is 10.6. The lowest BCUT2D eigenvalue weighted by Crippen LogP contribution is -2.57. The predicted octanol–water partition coefficient (Wildman–Crippen LogP) is 9.46. The van der Waals surface area contributed by atoms with E-state index in [1.54, 1.807) is 0 Å². The van der Waals surface area contributed by atoms with E-state index in [0.29, 0.717) is 5.41 Å². The molecule has 0 aliphatic carbocycles. The van der Waals surface area contributed by atoms with Crippen LogP contribution in [0, 0.1) is 22.7 Å². The van der Waals surface area contributed by atoms with Crippen LogP contribution in [0.3, 0.4) is 0 Å². The molecule has 2 aliphatic rings. The summed E-state index contributed by atoms with van der Waals surface area (Å²) in [6.07, 6.45) is 12.0. The molecular formula is C33H64N2. The highest BCUT2D eigenvalue weighted by Crippen LogP contribution is 2.42. The number of hydrogen-bond donors (Lipinski definition) is 2. The van der Waals surface area contributed by atoms with Crippen LogP contribution in [0.15, 0.2) is 24.8 Å². The van der Waals surface area contributed by atoms with Gasteiger partial charge < -0.3 is 10.6 Å². The predicted molar refractivity (Wildman–Crippen MR) is 159 cm³/mol. The van der Waals surface area contributed by atoms with E-state index in [1.165, 1.54) is 50.5 Å². The van der Waals surface area contributed by atoms with Gasteiger partial charge in [0.2, 0.25) is 0 Å². The molecule has 2 nitrogen and oxygen atoms in total. The normalized spacial score (nSPS) is 24.3. The van der Waals surface area contributed by atoms with Crippen LogP contribution in [-0.4, -0.2) is 22.2 Å². The maximum absolute atomic E-state index is 4.50. The molecule has 0 saturated carbocycles. The largest absolute Gasteiger partial charge is 0.307 e. The Morgan fingerprint density at radius 3 is 1.43 bits per heavy atom. The quantitative estimate of drug-likeness (QED) is 0.349. The van der Waals surface area contributed by atoms with E-state index < -0.39 is 0 Å². The van der Waals surface area contributed by atoms with Gasteiger partial charge in [0.15, 0.2) is 0 Å². The van der Waals surface area contributed by atoms with Crippen molar-refractivity contribution >= 4 is 0 Å². The Bertz CT molecular complexity index is 667. The van der Waals surface area contributed by atoms with Crippen molar-refractivity contribution in [1.82, 2.24) is 10.6 Å². The van der Waals surface area contributed by atoms with Gasteiger partial charge in [-0.25, -0.2) is 0 Å². The minimum absolute atomic E-state index is 0.238. The Labute approximate surface area is 221 Å². The summed E-state index contributed by atoms with van der Waals surface area (Å²) in [6.45, 7) is 38.7. The van der Waals surface area contributed by atoms with E-state index in [2.05, 4.69) is 120 Å². The highest BCUT2D eigenvalue weighted by atomic mass is 15.1. The monoisotopic (exact) mass is 489 g/mol. The van der Waals surface area contributed by atoms with Crippen LogP contribution in [0.5, 0.6) is 0 Å². The number of allylic oxidation sites excluding steroid dienone is 2. The Morgan fingerprint density at radius 2 is 1.09 bits per heavy atom. The van der Waals surface area contributed by atoms with Gasteiger partial charge in [0.05, 0.1) is 0 Å². The lowest BCUT2D eigenvalue weighted by atomic mass is 9.69. The van der Waals surface area contributed by atoms with Gasteiger partial charge in [0, 0.05) is 22.2 Å². The fourth-order valence-corrected chi connectivity index (χ4v) is 7.10. The second kappa shape index (κ2) is 11.4. The van der Waals surface area contributed by atoms with Crippen LogP contribution in [-0.2, 0) is 0 Å². The molecule has 0 atom stereocenters. The van der Waals surface area contributed by atoms with Crippen molar-refractivity contribution in [2.75, 3.05) is 0 Å². The van der Waals surface area contributed by atoms with Crippen LogP contribution in [0.25, 0.3) is 0 Å². The molecule has 206 valence electrons. The summed E-state index contributed by atoms with van der Waals surface area (Å²) in [5.74, 6) is 1.57. The Hall–Kier alpha value is -0.600. The Balaban J connectivity index is 0.000000400. The highest BCUT2D eigenvalue weighted by molar-refractivity contribution is 5.10. The highest BCUT2D eigenvalue weighted by Gasteiger charge is 2.39. The number of hydrogen-bond acceptors (Lipinski definition) is 2. The molecule has 0 radical (unpaired) electrons. The van der Waals surface area contributed by atoms with Gasteiger partial charge in [0.1, 0.15) is 0 Å². The topological polar surface area (TPSA) is 24.1 Å². The standard InChI is InChI=1S/C21H41N.C12H23N/c1-16(19(5,6)12-11-18(2,3)4)13-17-14-20(7,8)22-21(9,10)15-17;1-6-7-10-8-11(2,3)13-12(4,5)9-10/h17,22H,1,11-15H2,2-10H3;6,10,13H,1,7-9H2,2-5H3. The number of rotatable bonds is 7. The molecule has 2 rings (SSSR count). The summed E-state index contributed by atoms with van der Waals surface area (Å²) in [6, 6.07) is 0. The molecule has 0 unspecified atom stereocenters. The molecule has 0 spiro atoms. The van der Waals surface area contributed by atoms with E-state index in [1.807, 2.05) is 0 Å². The van der Waals surface area contributed by atoms with E-state index in [4.69, 9.17) is 0 Å². The van der Waals surface area contributed by atoms with Crippen LogP contribution >= 0.6 is 0 Å². The maximum Gasteiger partial charge on any atom is 0.0132 e. The molecule has 2 N–H and O–H groups in total. The SMILES string of the molecule is C=C(CC1CC(C)(C)NC(C)(C)C1)C(C)(C)CCC(C)(C)C.C=CCC1CC(C)(C)NC(C)(C)C1. The first-order chi connectivity index (χ1) is 15.5. The van der Waals surface area contributed by atoms with E-state index in [9.17, 15) is 0 Å². The van der Waals surface area contributed by atoms with Gasteiger partial charge in [-0.2, -0.15) is 0 Å². The molecule has 2 heterocycles. The fourth-order valence-electron chi connectivity index (χ4n) is 7.10. The lowest BCUT2D eigenvalue weighted by Gasteiger charge is -2.47. The van der Waals surface area contributed by atoms with E-state index in [-0.39, 0.29) is 27.6 Å². The summed E-state index contributed by atoms with van der Waals surface area (Å²) < 4.78 is 0. The van der Waals surface area contributed by atoms with Crippen LogP contribution in [0.2, 0.25) is 0 Å². The lowest BCUT2D eigenvalue weighted by molar-refractivity contribution is 0.124. The molecule has 0 aromatic carbocycles. The summed E-state index contributed by atoms with van der Waals surface area (Å²) in [5.41, 5.74) is 3.17. The molecule has 0 bridgehead atoms. The fraction of sp³-hybridized carbons (Fsp3) is 0.879. The van der Waals surface area contributed by atoms with Crippen molar-refractivity contribution in [2.24, 2.45) is 22.7 Å². The average molecular weight is 489 g/mol. The molecule has 0 aromatic rings. The van der Waals surface area contributed by atoms with Gasteiger partial charge in [-0.1, -0.05) is 52.8 Å². The second-order valence-corrected chi connectivity index (χ2v) is 16.6. The number of nitrogens with one attached hydrogen (secondary N) is 2. The van der Waals surface area contributed by atoms with Crippen molar-refractivity contribution in [3.63, 3.8) is 0 Å². The zero-order valence-corrected chi connectivity index (χ0v) is 26.3. The average Bonchev–Trinajstić information content (AvgIpc) is 2.54. The summed E-state index contributed by atoms with van der Waals surface area (Å²) >= 11 is 0. The zero-order valence-electron chi connectivity index (χ0n) is 26.3.